The van der Waals surface area contributed by atoms with Gasteiger partial charge in [-0.25, -0.2) is 0 Å². The summed E-state index contributed by atoms with van der Waals surface area (Å²) in [5.41, 5.74) is 5.87. The monoisotopic (exact) mass is 303 g/mol. The van der Waals surface area contributed by atoms with Crippen LogP contribution in [-0.2, 0) is 11.2 Å². The number of carbonyl (C=O) groups is 2. The molecule has 118 valence electrons. The number of likely N-dealkylation sites (tertiary alicyclic amines) is 1. The first-order valence-corrected chi connectivity index (χ1v) is 7.54. The van der Waals surface area contributed by atoms with E-state index in [1.807, 2.05) is 26.8 Å². The Morgan fingerprint density at radius 1 is 1.45 bits per heavy atom. The molecule has 1 spiro atoms. The topological polar surface area (TPSA) is 89.4 Å². The van der Waals surface area contributed by atoms with Crippen molar-refractivity contribution in [2.24, 2.45) is 16.6 Å². The molecule has 22 heavy (non-hydrogen) atoms. The van der Waals surface area contributed by atoms with Gasteiger partial charge in [-0.2, -0.15) is 0 Å². The molecule has 6 nitrogen and oxygen atoms in total. The van der Waals surface area contributed by atoms with Crippen LogP contribution < -0.4 is 5.73 Å². The molecule has 2 N–H and O–H groups in total. The van der Waals surface area contributed by atoms with Crippen LogP contribution in [0.25, 0.3) is 0 Å². The van der Waals surface area contributed by atoms with E-state index >= 15 is 0 Å². The van der Waals surface area contributed by atoms with E-state index in [-0.39, 0.29) is 17.1 Å². The number of aryl methyl sites for hydroxylation is 1. The number of amides is 1. The molecule has 2 heterocycles. The van der Waals surface area contributed by atoms with Crippen molar-refractivity contribution >= 4 is 11.7 Å². The first kappa shape index (κ1) is 14.8. The summed E-state index contributed by atoms with van der Waals surface area (Å²) in [6.07, 6.45) is 3.26. The zero-order chi connectivity index (χ0) is 16.1. The number of hydrogen-bond acceptors (Lipinski definition) is 5. The van der Waals surface area contributed by atoms with Crippen LogP contribution in [0.4, 0.5) is 0 Å². The van der Waals surface area contributed by atoms with Crippen molar-refractivity contribution in [2.75, 3.05) is 13.1 Å². The second-order valence-corrected chi connectivity index (χ2v) is 7.05. The Bertz CT molecular complexity index is 666. The molecule has 0 atom stereocenters. The van der Waals surface area contributed by atoms with Gasteiger partial charge in [-0.05, 0) is 12.5 Å². The van der Waals surface area contributed by atoms with Crippen LogP contribution in [0.3, 0.4) is 0 Å². The zero-order valence-electron chi connectivity index (χ0n) is 13.2. The van der Waals surface area contributed by atoms with E-state index in [0.29, 0.717) is 43.1 Å². The van der Waals surface area contributed by atoms with Gasteiger partial charge in [-0.3, -0.25) is 9.59 Å². The van der Waals surface area contributed by atoms with Crippen LogP contribution in [0.15, 0.2) is 22.4 Å². The van der Waals surface area contributed by atoms with Crippen LogP contribution in [0.5, 0.6) is 0 Å². The van der Waals surface area contributed by atoms with Crippen molar-refractivity contribution in [1.82, 2.24) is 10.1 Å². The van der Waals surface area contributed by atoms with Gasteiger partial charge in [0.15, 0.2) is 11.5 Å². The molecule has 1 aliphatic carbocycles. The summed E-state index contributed by atoms with van der Waals surface area (Å²) in [7, 11) is 0. The van der Waals surface area contributed by atoms with Crippen molar-refractivity contribution < 1.29 is 14.1 Å². The van der Waals surface area contributed by atoms with Crippen molar-refractivity contribution in [3.63, 3.8) is 0 Å². The smallest absolute Gasteiger partial charge is 0.276 e. The average molecular weight is 303 g/mol. The number of rotatable bonds is 2. The summed E-state index contributed by atoms with van der Waals surface area (Å²) in [4.78, 5) is 26.2. The fourth-order valence-electron chi connectivity index (χ4n) is 3.60. The Morgan fingerprint density at radius 3 is 2.68 bits per heavy atom. The minimum atomic E-state index is -0.475. The van der Waals surface area contributed by atoms with E-state index in [1.54, 1.807) is 11.0 Å². The summed E-state index contributed by atoms with van der Waals surface area (Å²) in [6, 6.07) is 1.69. The second-order valence-electron chi connectivity index (χ2n) is 7.05. The summed E-state index contributed by atoms with van der Waals surface area (Å²) in [6.45, 7) is 6.90. The second kappa shape index (κ2) is 4.69. The van der Waals surface area contributed by atoms with Crippen LogP contribution in [0, 0.1) is 10.8 Å². The molecule has 0 unspecified atom stereocenters. The van der Waals surface area contributed by atoms with E-state index in [4.69, 9.17) is 10.3 Å². The average Bonchev–Trinajstić information content (AvgIpc) is 2.89. The summed E-state index contributed by atoms with van der Waals surface area (Å²) < 4.78 is 5.08. The van der Waals surface area contributed by atoms with Gasteiger partial charge in [0.25, 0.3) is 5.91 Å². The molecular formula is C16H21N3O3. The SMILES string of the molecule is CCc1cc(C(=O)N2CC3(C=C(N)C(=O)C(C)(C)C3)C2)no1. The normalized spacial score (nSPS) is 22.4. The summed E-state index contributed by atoms with van der Waals surface area (Å²) >= 11 is 0. The van der Waals surface area contributed by atoms with E-state index < -0.39 is 5.41 Å². The van der Waals surface area contributed by atoms with E-state index in [0.717, 1.165) is 0 Å². The lowest BCUT2D eigenvalue weighted by molar-refractivity contribution is -0.127. The number of carbonyl (C=O) groups excluding carboxylic acids is 2. The molecule has 1 aromatic heterocycles. The van der Waals surface area contributed by atoms with Gasteiger partial charge < -0.3 is 15.2 Å². The maximum Gasteiger partial charge on any atom is 0.276 e. The number of Topliss-reactive ketones (excluding diaryl/α,β-unsaturated/α-hetero) is 1. The van der Waals surface area contributed by atoms with E-state index in [2.05, 4.69) is 5.16 Å². The molecule has 0 aromatic carbocycles. The third kappa shape index (κ3) is 2.23. The fraction of sp³-hybridized carbons (Fsp3) is 0.562. The lowest BCUT2D eigenvalue weighted by atomic mass is 9.62. The van der Waals surface area contributed by atoms with Crippen molar-refractivity contribution in [2.45, 2.75) is 33.6 Å². The number of allylic oxidation sites excluding steroid dienone is 1. The first-order chi connectivity index (χ1) is 10.3. The molecular weight excluding hydrogens is 282 g/mol. The van der Waals surface area contributed by atoms with Crippen LogP contribution in [0.2, 0.25) is 0 Å². The van der Waals surface area contributed by atoms with Crippen molar-refractivity contribution in [3.8, 4) is 0 Å². The van der Waals surface area contributed by atoms with Gasteiger partial charge in [0.2, 0.25) is 0 Å². The Morgan fingerprint density at radius 2 is 2.14 bits per heavy atom. The predicted octanol–water partition coefficient (Wildman–Crippen LogP) is 1.52. The van der Waals surface area contributed by atoms with E-state index in [1.165, 1.54) is 0 Å². The highest BCUT2D eigenvalue weighted by atomic mass is 16.5. The molecule has 1 aliphatic heterocycles. The molecule has 2 aliphatic rings. The highest BCUT2D eigenvalue weighted by Gasteiger charge is 2.52. The van der Waals surface area contributed by atoms with Crippen molar-refractivity contribution in [1.29, 1.82) is 0 Å². The zero-order valence-corrected chi connectivity index (χ0v) is 13.2. The maximum absolute atomic E-state index is 12.4. The lowest BCUT2D eigenvalue weighted by Crippen LogP contribution is -2.61. The predicted molar refractivity (Wildman–Crippen MR) is 79.9 cm³/mol. The minimum absolute atomic E-state index is 0.00742. The number of nitrogens with zero attached hydrogens (tertiary/aromatic N) is 2. The van der Waals surface area contributed by atoms with Crippen molar-refractivity contribution in [3.05, 3.63) is 29.3 Å². The first-order valence-electron chi connectivity index (χ1n) is 7.54. The summed E-state index contributed by atoms with van der Waals surface area (Å²) in [5.74, 6) is 0.565. The molecule has 0 radical (unpaired) electrons. The molecule has 1 aromatic rings. The van der Waals surface area contributed by atoms with Gasteiger partial charge in [-0.15, -0.1) is 0 Å². The van der Waals surface area contributed by atoms with Gasteiger partial charge in [-0.1, -0.05) is 25.9 Å². The molecule has 0 bridgehead atoms. The number of hydrogen-bond donors (Lipinski definition) is 1. The van der Waals surface area contributed by atoms with Gasteiger partial charge >= 0.3 is 0 Å². The fourth-order valence-corrected chi connectivity index (χ4v) is 3.60. The van der Waals surface area contributed by atoms with E-state index in [9.17, 15) is 9.59 Å². The quantitative estimate of drug-likeness (QED) is 0.894. The largest absolute Gasteiger partial charge is 0.396 e. The van der Waals surface area contributed by atoms with Gasteiger partial charge in [0, 0.05) is 36.4 Å². The Kier molecular flexibility index (Phi) is 3.16. The molecule has 1 amide bonds. The number of aromatic nitrogens is 1. The van der Waals surface area contributed by atoms with Crippen LogP contribution in [0.1, 0.15) is 43.4 Å². The molecule has 6 heteroatoms. The van der Waals surface area contributed by atoms with Crippen LogP contribution in [-0.4, -0.2) is 34.8 Å². The summed E-state index contributed by atoms with van der Waals surface area (Å²) in [5, 5.41) is 3.82. The molecule has 3 rings (SSSR count). The molecule has 1 saturated heterocycles. The minimum Gasteiger partial charge on any atom is -0.396 e. The lowest BCUT2D eigenvalue weighted by Gasteiger charge is -2.53. The Labute approximate surface area is 129 Å². The van der Waals surface area contributed by atoms with Gasteiger partial charge in [0.05, 0.1) is 5.70 Å². The highest BCUT2D eigenvalue weighted by molar-refractivity contribution is 6.00. The molecule has 1 fully saturated rings. The molecule has 0 saturated carbocycles. The Balaban J connectivity index is 1.74. The third-order valence-corrected chi connectivity index (χ3v) is 4.56. The highest BCUT2D eigenvalue weighted by Crippen LogP contribution is 2.47. The van der Waals surface area contributed by atoms with Gasteiger partial charge in [0.1, 0.15) is 5.76 Å². The third-order valence-electron chi connectivity index (χ3n) is 4.56. The standard InChI is InChI=1S/C16H21N3O3/c1-4-10-5-12(18-22-10)14(21)19-8-16(9-19)6-11(17)13(20)15(2,3)7-16/h5-6H,4,7-9,17H2,1-3H3. The van der Waals surface area contributed by atoms with Crippen LogP contribution >= 0.6 is 0 Å². The number of nitrogens with two attached hydrogens (primary N) is 1. The Hall–Kier alpha value is -2.11. The number of ketones is 1. The maximum atomic E-state index is 12.4.